The van der Waals surface area contributed by atoms with Crippen LogP contribution in [0.4, 0.5) is 4.39 Å². The van der Waals surface area contributed by atoms with Crippen molar-refractivity contribution in [1.29, 1.82) is 0 Å². The molecule has 2 aromatic heterocycles. The van der Waals surface area contributed by atoms with Crippen molar-refractivity contribution in [2.75, 3.05) is 6.61 Å². The first-order chi connectivity index (χ1) is 11.0. The third-order valence-corrected chi connectivity index (χ3v) is 4.84. The van der Waals surface area contributed by atoms with Gasteiger partial charge in [-0.05, 0) is 46.5 Å². The van der Waals surface area contributed by atoms with E-state index in [2.05, 4.69) is 25.3 Å². The average molecular weight is 397 g/mol. The van der Waals surface area contributed by atoms with Crippen molar-refractivity contribution < 1.29 is 19.0 Å². The van der Waals surface area contributed by atoms with Gasteiger partial charge in [-0.1, -0.05) is 12.1 Å². The minimum absolute atomic E-state index is 0.150. The van der Waals surface area contributed by atoms with E-state index in [-0.39, 0.29) is 34.7 Å². The van der Waals surface area contributed by atoms with Crippen LogP contribution in [0.2, 0.25) is 0 Å². The molecular formula is C15H10BrFN2O3S. The number of fused-ring (bicyclic) bond motifs is 1. The quantitative estimate of drug-likeness (QED) is 0.531. The van der Waals surface area contributed by atoms with Crippen LogP contribution in [0, 0.1) is 5.82 Å². The number of esters is 1. The van der Waals surface area contributed by atoms with Crippen LogP contribution in [0.15, 0.2) is 28.9 Å². The summed E-state index contributed by atoms with van der Waals surface area (Å²) in [6, 6.07) is 6.10. The third-order valence-electron chi connectivity index (χ3n) is 3.15. The Morgan fingerprint density at radius 1 is 1.43 bits per heavy atom. The van der Waals surface area contributed by atoms with Crippen LogP contribution in [0.5, 0.6) is 5.75 Å². The molecule has 2 heterocycles. The molecule has 3 rings (SSSR count). The van der Waals surface area contributed by atoms with E-state index in [4.69, 9.17) is 4.74 Å². The fraction of sp³-hybridized carbons (Fsp3) is 0.133. The minimum Gasteiger partial charge on any atom is -0.505 e. The fourth-order valence-corrected chi connectivity index (χ4v) is 3.52. The summed E-state index contributed by atoms with van der Waals surface area (Å²) in [5, 5.41) is 10.7. The smallest absolute Gasteiger partial charge is 0.360 e. The van der Waals surface area contributed by atoms with Crippen LogP contribution in [-0.2, 0) is 4.74 Å². The lowest BCUT2D eigenvalue weighted by Gasteiger charge is -2.07. The molecule has 0 unspecified atom stereocenters. The van der Waals surface area contributed by atoms with Crippen molar-refractivity contribution in [3.05, 3.63) is 40.4 Å². The summed E-state index contributed by atoms with van der Waals surface area (Å²) in [6.45, 7) is 1.80. The molecule has 0 aliphatic rings. The second-order valence-electron chi connectivity index (χ2n) is 4.54. The van der Waals surface area contributed by atoms with Crippen molar-refractivity contribution >= 4 is 43.5 Å². The van der Waals surface area contributed by atoms with Crippen LogP contribution < -0.4 is 0 Å². The predicted molar refractivity (Wildman–Crippen MR) is 88.1 cm³/mol. The zero-order chi connectivity index (χ0) is 16.6. The Bertz CT molecular complexity index is 913. The van der Waals surface area contributed by atoms with E-state index in [9.17, 15) is 14.3 Å². The van der Waals surface area contributed by atoms with Crippen molar-refractivity contribution in [1.82, 2.24) is 9.36 Å². The van der Waals surface area contributed by atoms with Crippen molar-refractivity contribution in [2.45, 2.75) is 6.92 Å². The second-order valence-corrected chi connectivity index (χ2v) is 6.06. The molecule has 3 aromatic rings. The van der Waals surface area contributed by atoms with E-state index < -0.39 is 11.8 Å². The number of carbonyl (C=O) groups is 1. The highest BCUT2D eigenvalue weighted by Gasteiger charge is 2.25. The summed E-state index contributed by atoms with van der Waals surface area (Å²) >= 11 is 4.31. The highest BCUT2D eigenvalue weighted by Crippen LogP contribution is 2.41. The Hall–Kier alpha value is -2.06. The molecule has 23 heavy (non-hydrogen) atoms. The summed E-state index contributed by atoms with van der Waals surface area (Å²) < 4.78 is 24.0. The van der Waals surface area contributed by atoms with Gasteiger partial charge in [0, 0.05) is 5.56 Å². The fourth-order valence-electron chi connectivity index (χ4n) is 2.15. The molecule has 0 aliphatic carbocycles. The number of pyridine rings is 1. The van der Waals surface area contributed by atoms with Gasteiger partial charge in [0.25, 0.3) is 0 Å². The summed E-state index contributed by atoms with van der Waals surface area (Å²) in [5.74, 6) is -1.59. The third kappa shape index (κ3) is 2.68. The Balaban J connectivity index is 2.30. The van der Waals surface area contributed by atoms with E-state index in [0.717, 1.165) is 11.5 Å². The van der Waals surface area contributed by atoms with Gasteiger partial charge in [-0.25, -0.2) is 14.2 Å². The summed E-state index contributed by atoms with van der Waals surface area (Å²) in [5.41, 5.74) is 0.264. The standard InChI is InChI=1S/C15H10BrFN2O3S/c1-2-22-15(21)11-12(20)9-10(7-5-3-4-6-8(7)17)19-23-13(9)14(16)18-11/h3-6,20H,2H2,1H3. The number of carbonyl (C=O) groups excluding carboxylic acids is 1. The molecule has 0 bridgehead atoms. The number of hydrogen-bond acceptors (Lipinski definition) is 6. The molecule has 0 aliphatic heterocycles. The van der Waals surface area contributed by atoms with Gasteiger partial charge in [-0.2, -0.15) is 4.37 Å². The normalized spacial score (nSPS) is 10.9. The van der Waals surface area contributed by atoms with Crippen molar-refractivity contribution in [3.63, 3.8) is 0 Å². The zero-order valence-electron chi connectivity index (χ0n) is 11.8. The first-order valence-corrected chi connectivity index (χ1v) is 8.21. The van der Waals surface area contributed by atoms with Gasteiger partial charge in [0.05, 0.1) is 22.4 Å². The van der Waals surface area contributed by atoms with Crippen LogP contribution in [0.1, 0.15) is 17.4 Å². The molecule has 1 aromatic carbocycles. The maximum Gasteiger partial charge on any atom is 0.360 e. The first-order valence-electron chi connectivity index (χ1n) is 6.64. The summed E-state index contributed by atoms with van der Waals surface area (Å²) in [4.78, 5) is 16.0. The Morgan fingerprint density at radius 3 is 2.87 bits per heavy atom. The number of ether oxygens (including phenoxy) is 1. The number of nitrogens with zero attached hydrogens (tertiary/aromatic N) is 2. The average Bonchev–Trinajstić information content (AvgIpc) is 2.97. The lowest BCUT2D eigenvalue weighted by Crippen LogP contribution is -2.07. The molecular weight excluding hydrogens is 387 g/mol. The largest absolute Gasteiger partial charge is 0.505 e. The van der Waals surface area contributed by atoms with Gasteiger partial charge in [0.2, 0.25) is 0 Å². The van der Waals surface area contributed by atoms with Gasteiger partial charge in [0.1, 0.15) is 10.4 Å². The van der Waals surface area contributed by atoms with Gasteiger partial charge >= 0.3 is 5.97 Å². The number of hydrogen-bond donors (Lipinski definition) is 1. The van der Waals surface area contributed by atoms with Crippen molar-refractivity contribution in [3.8, 4) is 17.0 Å². The maximum absolute atomic E-state index is 14.1. The van der Waals surface area contributed by atoms with E-state index in [1.54, 1.807) is 25.1 Å². The molecule has 0 atom stereocenters. The van der Waals surface area contributed by atoms with Crippen LogP contribution in [0.25, 0.3) is 21.3 Å². The van der Waals surface area contributed by atoms with Crippen LogP contribution in [-0.4, -0.2) is 27.0 Å². The number of benzene rings is 1. The molecule has 5 nitrogen and oxygen atoms in total. The van der Waals surface area contributed by atoms with Gasteiger partial charge in [0.15, 0.2) is 11.4 Å². The van der Waals surface area contributed by atoms with E-state index in [0.29, 0.717) is 9.30 Å². The topological polar surface area (TPSA) is 72.3 Å². The summed E-state index contributed by atoms with van der Waals surface area (Å²) in [6.07, 6.45) is 0. The number of halogens is 2. The highest BCUT2D eigenvalue weighted by atomic mass is 79.9. The molecule has 0 spiro atoms. The first kappa shape index (κ1) is 15.8. The Labute approximate surface area is 143 Å². The molecule has 8 heteroatoms. The van der Waals surface area contributed by atoms with E-state index in [1.807, 2.05) is 0 Å². The van der Waals surface area contributed by atoms with Gasteiger partial charge < -0.3 is 9.84 Å². The lowest BCUT2D eigenvalue weighted by molar-refractivity contribution is 0.0516. The van der Waals surface area contributed by atoms with Crippen LogP contribution in [0.3, 0.4) is 0 Å². The number of rotatable bonds is 3. The molecule has 0 saturated heterocycles. The molecule has 0 amide bonds. The molecule has 0 fully saturated rings. The lowest BCUT2D eigenvalue weighted by atomic mass is 10.1. The van der Waals surface area contributed by atoms with Gasteiger partial charge in [-0.15, -0.1) is 0 Å². The SMILES string of the molecule is CCOC(=O)c1nc(Br)c2snc(-c3ccccc3F)c2c1O. The van der Waals surface area contributed by atoms with E-state index in [1.165, 1.54) is 6.07 Å². The van der Waals surface area contributed by atoms with Crippen molar-refractivity contribution in [2.24, 2.45) is 0 Å². The second kappa shape index (κ2) is 6.21. The summed E-state index contributed by atoms with van der Waals surface area (Å²) in [7, 11) is 0. The number of aromatic hydroxyl groups is 1. The number of aromatic nitrogens is 2. The molecule has 118 valence electrons. The Kier molecular flexibility index (Phi) is 4.27. The Morgan fingerprint density at radius 2 is 2.17 bits per heavy atom. The van der Waals surface area contributed by atoms with Gasteiger partial charge in [-0.3, -0.25) is 0 Å². The molecule has 0 saturated carbocycles. The monoisotopic (exact) mass is 396 g/mol. The molecule has 0 radical (unpaired) electrons. The predicted octanol–water partition coefficient (Wildman–Crippen LogP) is 4.14. The molecule has 1 N–H and O–H groups in total. The minimum atomic E-state index is -0.752. The maximum atomic E-state index is 14.1. The van der Waals surface area contributed by atoms with E-state index >= 15 is 0 Å². The zero-order valence-corrected chi connectivity index (χ0v) is 14.2. The van der Waals surface area contributed by atoms with Crippen LogP contribution >= 0.6 is 27.5 Å². The highest BCUT2D eigenvalue weighted by molar-refractivity contribution is 9.10.